The smallest absolute Gasteiger partial charge is 0.264 e. The molecule has 0 aliphatic carbocycles. The van der Waals surface area contributed by atoms with Crippen LogP contribution in [0.4, 0.5) is 0 Å². The summed E-state index contributed by atoms with van der Waals surface area (Å²) in [6.45, 7) is 7.89. The quantitative estimate of drug-likeness (QED) is 0.806. The van der Waals surface area contributed by atoms with Gasteiger partial charge in [-0.1, -0.05) is 0 Å². The maximum atomic E-state index is 13.1. The Labute approximate surface area is 139 Å². The van der Waals surface area contributed by atoms with Crippen LogP contribution in [-0.4, -0.2) is 32.4 Å². The Morgan fingerprint density at radius 1 is 1.22 bits per heavy atom. The van der Waals surface area contributed by atoms with Crippen molar-refractivity contribution in [2.45, 2.75) is 59.0 Å². The second kappa shape index (κ2) is 5.74. The number of nitrogens with zero attached hydrogens (tertiary/aromatic N) is 3. The number of hydrogen-bond donors (Lipinski definition) is 0. The van der Waals surface area contributed by atoms with Crippen LogP contribution in [0.5, 0.6) is 0 Å². The summed E-state index contributed by atoms with van der Waals surface area (Å²) in [5.41, 5.74) is 0.702. The van der Waals surface area contributed by atoms with E-state index in [0.29, 0.717) is 20.9 Å². The third-order valence-corrected chi connectivity index (χ3v) is 6.19. The van der Waals surface area contributed by atoms with Gasteiger partial charge in [-0.05, 0) is 52.5 Å². The zero-order valence-corrected chi connectivity index (χ0v) is 15.2. The van der Waals surface area contributed by atoms with Crippen molar-refractivity contribution in [2.75, 3.05) is 0 Å². The summed E-state index contributed by atoms with van der Waals surface area (Å²) in [5.74, 6) is 0.715. The van der Waals surface area contributed by atoms with Gasteiger partial charge < -0.3 is 4.90 Å². The molecule has 0 N–H and O–H groups in total. The van der Waals surface area contributed by atoms with Gasteiger partial charge in [-0.15, -0.1) is 11.3 Å². The molecular weight excluding hydrogens is 310 g/mol. The lowest BCUT2D eigenvalue weighted by molar-refractivity contribution is 0.0515. The average molecular weight is 333 g/mol. The largest absolute Gasteiger partial charge is 0.333 e. The van der Waals surface area contributed by atoms with E-state index in [2.05, 4.69) is 18.8 Å². The molecule has 3 rings (SSSR count). The van der Waals surface area contributed by atoms with E-state index < -0.39 is 0 Å². The second-order valence-corrected chi connectivity index (χ2v) is 7.60. The number of rotatable bonds is 1. The first kappa shape index (κ1) is 16.2. The molecule has 23 heavy (non-hydrogen) atoms. The Hall–Kier alpha value is -1.69. The zero-order valence-electron chi connectivity index (χ0n) is 14.3. The van der Waals surface area contributed by atoms with Crippen LogP contribution >= 0.6 is 11.3 Å². The van der Waals surface area contributed by atoms with E-state index in [-0.39, 0.29) is 23.6 Å². The SMILES string of the molecule is Cc1c(C(=O)N2C(C)CCCC2C)sc2nc(C)n(C)c(=O)c12. The molecule has 6 heteroatoms. The molecule has 1 aliphatic heterocycles. The van der Waals surface area contributed by atoms with Crippen LogP contribution in [0.15, 0.2) is 4.79 Å². The summed E-state index contributed by atoms with van der Waals surface area (Å²) >= 11 is 1.35. The number of carbonyl (C=O) groups excluding carboxylic acids is 1. The van der Waals surface area contributed by atoms with Crippen molar-refractivity contribution >= 4 is 27.5 Å². The molecule has 1 fully saturated rings. The molecule has 2 unspecified atom stereocenters. The van der Waals surface area contributed by atoms with Gasteiger partial charge in [0.25, 0.3) is 11.5 Å². The Bertz CT molecular complexity index is 826. The Morgan fingerprint density at radius 3 is 2.43 bits per heavy atom. The lowest BCUT2D eigenvalue weighted by Crippen LogP contribution is -2.47. The predicted molar refractivity (Wildman–Crippen MR) is 93.3 cm³/mol. The molecule has 0 saturated carbocycles. The van der Waals surface area contributed by atoms with Gasteiger partial charge in [-0.2, -0.15) is 0 Å². The fraction of sp³-hybridized carbons (Fsp3) is 0.588. The van der Waals surface area contributed by atoms with Crippen molar-refractivity contribution in [1.29, 1.82) is 0 Å². The molecule has 0 aromatic carbocycles. The van der Waals surface area contributed by atoms with Crippen LogP contribution in [0.25, 0.3) is 10.2 Å². The minimum atomic E-state index is -0.0694. The number of fused-ring (bicyclic) bond motifs is 1. The molecule has 0 spiro atoms. The molecule has 5 nitrogen and oxygen atoms in total. The Balaban J connectivity index is 2.13. The normalized spacial score (nSPS) is 21.9. The van der Waals surface area contributed by atoms with Crippen LogP contribution in [-0.2, 0) is 7.05 Å². The highest BCUT2D eigenvalue weighted by Gasteiger charge is 2.32. The highest BCUT2D eigenvalue weighted by molar-refractivity contribution is 7.20. The number of thiophene rings is 1. The van der Waals surface area contributed by atoms with E-state index in [4.69, 9.17) is 0 Å². The molecule has 1 aliphatic rings. The number of carbonyl (C=O) groups is 1. The molecule has 2 aromatic rings. The van der Waals surface area contributed by atoms with Gasteiger partial charge >= 0.3 is 0 Å². The number of piperidine rings is 1. The van der Waals surface area contributed by atoms with Gasteiger partial charge in [0, 0.05) is 19.1 Å². The molecule has 124 valence electrons. The van der Waals surface area contributed by atoms with Gasteiger partial charge in [0.15, 0.2) is 0 Å². The van der Waals surface area contributed by atoms with E-state index >= 15 is 0 Å². The number of likely N-dealkylation sites (tertiary alicyclic amines) is 1. The molecule has 2 atom stereocenters. The fourth-order valence-corrected chi connectivity index (χ4v) is 4.67. The minimum absolute atomic E-state index is 0.0462. The third-order valence-electron chi connectivity index (χ3n) is 5.02. The maximum Gasteiger partial charge on any atom is 0.264 e. The molecule has 0 bridgehead atoms. The van der Waals surface area contributed by atoms with E-state index in [0.717, 1.165) is 18.4 Å². The first-order chi connectivity index (χ1) is 10.8. The highest BCUT2D eigenvalue weighted by Crippen LogP contribution is 2.32. The number of amides is 1. The van der Waals surface area contributed by atoms with Gasteiger partial charge in [0.05, 0.1) is 10.3 Å². The molecular formula is C17H23N3O2S. The minimum Gasteiger partial charge on any atom is -0.333 e. The molecule has 0 radical (unpaired) electrons. The van der Waals surface area contributed by atoms with Gasteiger partial charge in [0.2, 0.25) is 0 Å². The second-order valence-electron chi connectivity index (χ2n) is 6.60. The van der Waals surface area contributed by atoms with Crippen LogP contribution in [0.2, 0.25) is 0 Å². The summed E-state index contributed by atoms with van der Waals surface area (Å²) in [7, 11) is 1.72. The van der Waals surface area contributed by atoms with Crippen molar-refractivity contribution in [1.82, 2.24) is 14.5 Å². The predicted octanol–water partition coefficient (Wildman–Crippen LogP) is 3.01. The first-order valence-electron chi connectivity index (χ1n) is 8.12. The van der Waals surface area contributed by atoms with Crippen molar-refractivity contribution in [2.24, 2.45) is 7.05 Å². The summed E-state index contributed by atoms with van der Waals surface area (Å²) in [6.07, 6.45) is 3.25. The van der Waals surface area contributed by atoms with Crippen LogP contribution in [0.1, 0.15) is 54.2 Å². The van der Waals surface area contributed by atoms with Crippen LogP contribution in [0.3, 0.4) is 0 Å². The molecule has 1 amide bonds. The zero-order chi connectivity index (χ0) is 16.9. The average Bonchev–Trinajstić information content (AvgIpc) is 2.81. The van der Waals surface area contributed by atoms with Gasteiger partial charge in [0.1, 0.15) is 10.7 Å². The van der Waals surface area contributed by atoms with Crippen molar-refractivity contribution in [3.8, 4) is 0 Å². The van der Waals surface area contributed by atoms with Gasteiger partial charge in [-0.3, -0.25) is 14.2 Å². The summed E-state index contributed by atoms with van der Waals surface area (Å²) < 4.78 is 1.54. The van der Waals surface area contributed by atoms with Crippen LogP contribution in [0, 0.1) is 13.8 Å². The first-order valence-corrected chi connectivity index (χ1v) is 8.94. The van der Waals surface area contributed by atoms with Crippen molar-refractivity contribution in [3.63, 3.8) is 0 Å². The topological polar surface area (TPSA) is 55.2 Å². The Kier molecular flexibility index (Phi) is 4.04. The lowest BCUT2D eigenvalue weighted by atomic mass is 9.97. The number of hydrogen-bond acceptors (Lipinski definition) is 4. The van der Waals surface area contributed by atoms with Gasteiger partial charge in [-0.25, -0.2) is 4.98 Å². The van der Waals surface area contributed by atoms with E-state index in [1.807, 2.05) is 18.7 Å². The molecule has 3 heterocycles. The fourth-order valence-electron chi connectivity index (χ4n) is 3.51. The highest BCUT2D eigenvalue weighted by atomic mass is 32.1. The summed E-state index contributed by atoms with van der Waals surface area (Å²) in [6, 6.07) is 0.488. The molecule has 2 aromatic heterocycles. The number of aromatic nitrogens is 2. The molecule has 1 saturated heterocycles. The number of aryl methyl sites for hydroxylation is 2. The van der Waals surface area contributed by atoms with E-state index in [1.165, 1.54) is 17.8 Å². The summed E-state index contributed by atoms with van der Waals surface area (Å²) in [4.78, 5) is 33.4. The monoisotopic (exact) mass is 333 g/mol. The third kappa shape index (κ3) is 2.49. The van der Waals surface area contributed by atoms with Crippen LogP contribution < -0.4 is 5.56 Å². The maximum absolute atomic E-state index is 13.1. The standard InChI is InChI=1S/C17H23N3O2S/c1-9-7-6-8-10(2)20(9)17(22)14-11(3)13-15(23-14)18-12(4)19(5)16(13)21/h9-10H,6-8H2,1-5H3. The van der Waals surface area contributed by atoms with E-state index in [1.54, 1.807) is 11.6 Å². The van der Waals surface area contributed by atoms with Crippen molar-refractivity contribution in [3.05, 3.63) is 26.6 Å². The van der Waals surface area contributed by atoms with E-state index in [9.17, 15) is 9.59 Å². The lowest BCUT2D eigenvalue weighted by Gasteiger charge is -2.39. The summed E-state index contributed by atoms with van der Waals surface area (Å²) in [5, 5.41) is 0.587. The Morgan fingerprint density at radius 2 is 1.83 bits per heavy atom. The van der Waals surface area contributed by atoms with Crippen molar-refractivity contribution < 1.29 is 4.79 Å².